The zero-order chi connectivity index (χ0) is 40.5. The number of pyridine rings is 2. The zero-order valence-corrected chi connectivity index (χ0v) is 33.8. The second-order valence-corrected chi connectivity index (χ2v) is 17.0. The Kier molecular flexibility index (Phi) is 6.93. The number of benzene rings is 7. The van der Waals surface area contributed by atoms with Gasteiger partial charge in [0.25, 0.3) is 0 Å². The summed E-state index contributed by atoms with van der Waals surface area (Å²) in [7, 11) is 0. The Morgan fingerprint density at radius 2 is 0.803 bits per heavy atom. The molecule has 0 unspecified atom stereocenters. The van der Waals surface area contributed by atoms with Crippen molar-refractivity contribution in [3.05, 3.63) is 234 Å². The van der Waals surface area contributed by atoms with Crippen molar-refractivity contribution in [2.75, 3.05) is 9.80 Å². The Labute approximate surface area is 354 Å². The van der Waals surface area contributed by atoms with Crippen molar-refractivity contribution in [1.82, 2.24) is 14.5 Å². The van der Waals surface area contributed by atoms with Gasteiger partial charge in [0, 0.05) is 45.6 Å². The van der Waals surface area contributed by atoms with Crippen molar-refractivity contribution in [3.8, 4) is 17.1 Å². The minimum absolute atomic E-state index is 0.175. The molecule has 0 saturated heterocycles. The van der Waals surface area contributed by atoms with Crippen molar-refractivity contribution in [1.29, 1.82) is 0 Å². The summed E-state index contributed by atoms with van der Waals surface area (Å²) < 4.78 is 2.43. The molecule has 5 heterocycles. The minimum Gasteiger partial charge on any atom is -0.310 e. The van der Waals surface area contributed by atoms with Crippen LogP contribution in [0, 0.1) is 0 Å². The van der Waals surface area contributed by atoms with Gasteiger partial charge in [-0.3, -0.25) is 9.97 Å². The van der Waals surface area contributed by atoms with Crippen LogP contribution in [0.2, 0.25) is 0 Å². The van der Waals surface area contributed by atoms with Gasteiger partial charge in [-0.25, -0.2) is 0 Å². The van der Waals surface area contributed by atoms with E-state index >= 15 is 0 Å². The Morgan fingerprint density at radius 3 is 1.39 bits per heavy atom. The van der Waals surface area contributed by atoms with Gasteiger partial charge in [-0.2, -0.15) is 0 Å². The first-order valence-electron chi connectivity index (χ1n) is 21.1. The molecule has 0 bridgehead atoms. The molecule has 0 atom stereocenters. The molecular formula is C56H39N5. The van der Waals surface area contributed by atoms with Crippen molar-refractivity contribution >= 4 is 55.9 Å². The van der Waals surface area contributed by atoms with E-state index in [0.717, 1.165) is 51.0 Å². The number of hydrogen-bond donors (Lipinski definition) is 0. The predicted octanol–water partition coefficient (Wildman–Crippen LogP) is 13.8. The molecule has 7 aromatic carbocycles. The smallest absolute Gasteiger partial charge is 0.0937 e. The van der Waals surface area contributed by atoms with Crippen LogP contribution in [-0.2, 0) is 10.8 Å². The fraction of sp³-hybridized carbons (Fsp3) is 0.0714. The Balaban J connectivity index is 1.17. The molecule has 1 spiro atoms. The lowest BCUT2D eigenvalue weighted by molar-refractivity contribution is 0.632. The Bertz CT molecular complexity index is 3290. The molecule has 288 valence electrons. The first-order valence-corrected chi connectivity index (χ1v) is 21.1. The third kappa shape index (κ3) is 4.44. The molecule has 3 aliphatic rings. The topological polar surface area (TPSA) is 37.2 Å². The molecule has 0 amide bonds. The maximum Gasteiger partial charge on any atom is 0.0937 e. The fourth-order valence-electron chi connectivity index (χ4n) is 11.1. The maximum absolute atomic E-state index is 5.12. The number of hydrogen-bond acceptors (Lipinski definition) is 4. The first-order chi connectivity index (χ1) is 30.0. The highest BCUT2D eigenvalue weighted by atomic mass is 15.2. The van der Waals surface area contributed by atoms with Gasteiger partial charge < -0.3 is 14.4 Å². The van der Waals surface area contributed by atoms with Crippen molar-refractivity contribution < 1.29 is 0 Å². The molecule has 5 nitrogen and oxygen atoms in total. The molecule has 10 aromatic rings. The van der Waals surface area contributed by atoms with Crippen LogP contribution in [0.5, 0.6) is 0 Å². The van der Waals surface area contributed by atoms with Crippen LogP contribution in [0.25, 0.3) is 38.9 Å². The average Bonchev–Trinajstić information content (AvgIpc) is 3.81. The van der Waals surface area contributed by atoms with E-state index in [1.54, 1.807) is 0 Å². The number of aromatic nitrogens is 3. The van der Waals surface area contributed by atoms with Crippen molar-refractivity contribution in [3.63, 3.8) is 0 Å². The van der Waals surface area contributed by atoms with Crippen LogP contribution in [-0.4, -0.2) is 14.5 Å². The van der Waals surface area contributed by atoms with Gasteiger partial charge in [-0.1, -0.05) is 117 Å². The SMILES string of the molecule is CC1(C)c2ccccc2N(c2ccc3c(c2)C2(c4cc(-n5c6ccccc6c6ccccc65)ccc4N3c3ccccc3)c3cccnc3-c3ncccc32)c2ccccc21. The van der Waals surface area contributed by atoms with E-state index in [0.29, 0.717) is 0 Å². The molecule has 1 aliphatic carbocycles. The Hall–Kier alpha value is -7.76. The van der Waals surface area contributed by atoms with Crippen LogP contribution in [0.15, 0.2) is 200 Å². The standard InChI is InChI=1S/C56H39N5/c1-55(2)41-20-8-12-26-49(41)61(50-27-13-9-21-42(50)55)38-29-31-52-46(35-38)56(43-22-14-32-57-53(43)54-44(56)23-15-33-58-54)45-34-37(28-30-51(45)59(52)36-16-4-3-5-17-36)60-47-24-10-6-18-39(47)40-19-7-11-25-48(40)60/h3-35H,1-2H3. The number of fused-ring (bicyclic) bond motifs is 14. The van der Waals surface area contributed by atoms with Gasteiger partial charge in [0.05, 0.1) is 50.6 Å². The molecular weight excluding hydrogens is 743 g/mol. The van der Waals surface area contributed by atoms with Crippen molar-refractivity contribution in [2.24, 2.45) is 0 Å². The summed E-state index contributed by atoms with van der Waals surface area (Å²) in [4.78, 5) is 15.2. The summed E-state index contributed by atoms with van der Waals surface area (Å²) in [5, 5.41) is 2.48. The minimum atomic E-state index is -0.762. The molecule has 5 heteroatoms. The van der Waals surface area contributed by atoms with Crippen LogP contribution in [0.4, 0.5) is 34.1 Å². The molecule has 0 N–H and O–H groups in total. The molecule has 0 saturated carbocycles. The van der Waals surface area contributed by atoms with E-state index in [9.17, 15) is 0 Å². The van der Waals surface area contributed by atoms with E-state index in [-0.39, 0.29) is 5.41 Å². The highest BCUT2D eigenvalue weighted by molar-refractivity contribution is 6.09. The maximum atomic E-state index is 5.12. The van der Waals surface area contributed by atoms with Gasteiger partial charge in [-0.05, 0) is 118 Å². The van der Waals surface area contributed by atoms with E-state index in [4.69, 9.17) is 9.97 Å². The normalized spacial score (nSPS) is 14.9. The van der Waals surface area contributed by atoms with Gasteiger partial charge >= 0.3 is 0 Å². The van der Waals surface area contributed by atoms with Gasteiger partial charge in [-0.15, -0.1) is 0 Å². The van der Waals surface area contributed by atoms with E-state index in [2.05, 4.69) is 216 Å². The number of rotatable bonds is 3. The van der Waals surface area contributed by atoms with Gasteiger partial charge in [0.1, 0.15) is 0 Å². The number of nitrogens with zero attached hydrogens (tertiary/aromatic N) is 5. The lowest BCUT2D eigenvalue weighted by Gasteiger charge is -2.46. The summed E-state index contributed by atoms with van der Waals surface area (Å²) >= 11 is 0. The highest BCUT2D eigenvalue weighted by Crippen LogP contribution is 2.64. The lowest BCUT2D eigenvalue weighted by Crippen LogP contribution is -2.37. The molecule has 0 radical (unpaired) electrons. The second kappa shape index (κ2) is 12.4. The first kappa shape index (κ1) is 34.1. The quantitative estimate of drug-likeness (QED) is 0.179. The molecule has 2 aliphatic heterocycles. The number of anilines is 6. The highest BCUT2D eigenvalue weighted by Gasteiger charge is 2.53. The summed E-state index contributed by atoms with van der Waals surface area (Å²) in [6.45, 7) is 4.69. The Morgan fingerprint density at radius 1 is 0.361 bits per heavy atom. The third-order valence-electron chi connectivity index (χ3n) is 13.6. The van der Waals surface area contributed by atoms with Gasteiger partial charge in [0.15, 0.2) is 0 Å². The summed E-state index contributed by atoms with van der Waals surface area (Å²) in [6.07, 6.45) is 3.82. The van der Waals surface area contributed by atoms with Crippen LogP contribution < -0.4 is 9.80 Å². The largest absolute Gasteiger partial charge is 0.310 e. The lowest BCUT2D eigenvalue weighted by atomic mass is 9.64. The van der Waals surface area contributed by atoms with E-state index in [1.165, 1.54) is 55.4 Å². The fourth-order valence-corrected chi connectivity index (χ4v) is 11.1. The second-order valence-electron chi connectivity index (χ2n) is 17.0. The monoisotopic (exact) mass is 781 g/mol. The molecule has 0 fully saturated rings. The van der Waals surface area contributed by atoms with Crippen LogP contribution in [0.3, 0.4) is 0 Å². The average molecular weight is 782 g/mol. The molecule has 13 rings (SSSR count). The molecule has 3 aromatic heterocycles. The molecule has 61 heavy (non-hydrogen) atoms. The van der Waals surface area contributed by atoms with Gasteiger partial charge in [0.2, 0.25) is 0 Å². The summed E-state index contributed by atoms with van der Waals surface area (Å²) in [6, 6.07) is 69.1. The van der Waals surface area contributed by atoms with Crippen LogP contribution >= 0.6 is 0 Å². The van der Waals surface area contributed by atoms with E-state index < -0.39 is 5.41 Å². The summed E-state index contributed by atoms with van der Waals surface area (Å²) in [5.74, 6) is 0. The van der Waals surface area contributed by atoms with Crippen LogP contribution in [0.1, 0.15) is 47.2 Å². The van der Waals surface area contributed by atoms with Crippen molar-refractivity contribution in [2.45, 2.75) is 24.7 Å². The van der Waals surface area contributed by atoms with E-state index in [1.807, 2.05) is 12.4 Å². The number of para-hydroxylation sites is 5. The predicted molar refractivity (Wildman–Crippen MR) is 249 cm³/mol. The third-order valence-corrected chi connectivity index (χ3v) is 13.6. The summed E-state index contributed by atoms with van der Waals surface area (Å²) in [5.41, 5.74) is 18.4. The zero-order valence-electron chi connectivity index (χ0n) is 33.8.